The van der Waals surface area contributed by atoms with Gasteiger partial charge < -0.3 is 15.7 Å². The number of carboxylic acids is 1. The van der Waals surface area contributed by atoms with E-state index in [9.17, 15) is 27.2 Å². The van der Waals surface area contributed by atoms with Crippen molar-refractivity contribution >= 4 is 12.0 Å². The predicted molar refractivity (Wildman–Crippen MR) is 75.0 cm³/mol. The van der Waals surface area contributed by atoms with Crippen LogP contribution in [0.2, 0.25) is 0 Å². The van der Waals surface area contributed by atoms with E-state index in [4.69, 9.17) is 5.11 Å². The van der Waals surface area contributed by atoms with E-state index in [2.05, 4.69) is 10.6 Å². The topological polar surface area (TPSA) is 78.4 Å². The molecule has 1 saturated carbocycles. The highest BCUT2D eigenvalue weighted by Crippen LogP contribution is 2.24. The number of carboxylic acid groups (broad SMARTS) is 1. The summed E-state index contributed by atoms with van der Waals surface area (Å²) in [7, 11) is 0. The van der Waals surface area contributed by atoms with E-state index in [0.717, 1.165) is 0 Å². The Kier molecular flexibility index (Phi) is 5.63. The van der Waals surface area contributed by atoms with Crippen LogP contribution in [0.25, 0.3) is 0 Å². The van der Waals surface area contributed by atoms with Crippen molar-refractivity contribution in [3.63, 3.8) is 0 Å². The van der Waals surface area contributed by atoms with E-state index in [0.29, 0.717) is 25.7 Å². The lowest BCUT2D eigenvalue weighted by Crippen LogP contribution is -2.44. The molecule has 2 amide bonds. The number of carbonyl (C=O) groups excluding carboxylic acids is 1. The van der Waals surface area contributed by atoms with Gasteiger partial charge in [0.2, 0.25) is 0 Å². The maximum Gasteiger partial charge on any atom is 0.315 e. The lowest BCUT2D eigenvalue weighted by Gasteiger charge is -2.26. The van der Waals surface area contributed by atoms with Crippen LogP contribution >= 0.6 is 0 Å². The van der Waals surface area contributed by atoms with Crippen molar-refractivity contribution in [3.05, 3.63) is 34.9 Å². The molecule has 132 valence electrons. The fourth-order valence-electron chi connectivity index (χ4n) is 2.66. The predicted octanol–water partition coefficient (Wildman–Crippen LogP) is 2.69. The molecule has 2 rings (SSSR count). The summed E-state index contributed by atoms with van der Waals surface area (Å²) in [5, 5.41) is 13.6. The molecule has 0 bridgehead atoms. The highest BCUT2D eigenvalue weighted by atomic mass is 19.2. The zero-order valence-corrected chi connectivity index (χ0v) is 12.5. The van der Waals surface area contributed by atoms with Gasteiger partial charge >= 0.3 is 12.0 Å². The number of benzene rings is 1. The second-order valence-corrected chi connectivity index (χ2v) is 5.66. The van der Waals surface area contributed by atoms with Crippen LogP contribution in [0.4, 0.5) is 22.4 Å². The number of nitrogens with one attached hydrogen (secondary N) is 2. The minimum atomic E-state index is -1.80. The summed E-state index contributed by atoms with van der Waals surface area (Å²) in [5.74, 6) is -7.74. The van der Waals surface area contributed by atoms with Crippen molar-refractivity contribution in [1.82, 2.24) is 10.6 Å². The average Bonchev–Trinajstić information content (AvgIpc) is 2.53. The van der Waals surface area contributed by atoms with Crippen molar-refractivity contribution in [3.8, 4) is 0 Å². The molecule has 24 heavy (non-hydrogen) atoms. The van der Waals surface area contributed by atoms with Crippen molar-refractivity contribution in [2.75, 3.05) is 0 Å². The van der Waals surface area contributed by atoms with Gasteiger partial charge in [0, 0.05) is 17.7 Å². The molecule has 0 unspecified atom stereocenters. The smallest absolute Gasteiger partial charge is 0.315 e. The molecule has 0 saturated heterocycles. The van der Waals surface area contributed by atoms with Crippen molar-refractivity contribution in [2.24, 2.45) is 5.92 Å². The van der Waals surface area contributed by atoms with Gasteiger partial charge in [-0.15, -0.1) is 0 Å². The normalized spacial score (nSPS) is 20.5. The summed E-state index contributed by atoms with van der Waals surface area (Å²) in [6.45, 7) is -0.648. The minimum absolute atomic E-state index is 0.209. The summed E-state index contributed by atoms with van der Waals surface area (Å²) >= 11 is 0. The lowest BCUT2D eigenvalue weighted by atomic mass is 9.86. The van der Waals surface area contributed by atoms with Gasteiger partial charge in [0.1, 0.15) is 5.82 Å². The monoisotopic (exact) mass is 348 g/mol. The van der Waals surface area contributed by atoms with Crippen molar-refractivity contribution in [2.45, 2.75) is 38.3 Å². The Bertz CT molecular complexity index is 646. The first kappa shape index (κ1) is 18.0. The van der Waals surface area contributed by atoms with Crippen molar-refractivity contribution < 1.29 is 32.3 Å². The molecular weight excluding hydrogens is 332 g/mol. The summed E-state index contributed by atoms with van der Waals surface area (Å²) in [6.07, 6.45) is 1.79. The van der Waals surface area contributed by atoms with E-state index >= 15 is 0 Å². The standard InChI is InChI=1S/C15H16F4N2O3/c16-10-5-11(17)13(19)12(18)9(10)6-20-15(24)21-8-3-1-7(2-4-8)14(22)23/h5,7-8H,1-4,6H2,(H,22,23)(H2,20,21,24). The number of halogens is 4. The molecule has 1 aliphatic carbocycles. The Morgan fingerprint density at radius 2 is 1.67 bits per heavy atom. The summed E-state index contributed by atoms with van der Waals surface area (Å²) in [4.78, 5) is 22.6. The number of carbonyl (C=O) groups is 2. The van der Waals surface area contributed by atoms with Gasteiger partial charge in [0.15, 0.2) is 17.5 Å². The van der Waals surface area contributed by atoms with Gasteiger partial charge in [-0.25, -0.2) is 22.4 Å². The van der Waals surface area contributed by atoms with E-state index in [-0.39, 0.29) is 12.1 Å². The van der Waals surface area contributed by atoms with Crippen LogP contribution in [-0.4, -0.2) is 23.1 Å². The first-order valence-electron chi connectivity index (χ1n) is 7.38. The van der Waals surface area contributed by atoms with Crippen molar-refractivity contribution in [1.29, 1.82) is 0 Å². The molecule has 1 aliphatic rings. The van der Waals surface area contributed by atoms with Crippen LogP contribution in [0.15, 0.2) is 6.07 Å². The summed E-state index contributed by atoms with van der Waals surface area (Å²) in [6, 6.07) is -0.766. The highest BCUT2D eigenvalue weighted by Gasteiger charge is 2.27. The third-order valence-electron chi connectivity index (χ3n) is 4.05. The second kappa shape index (κ2) is 7.50. The lowest BCUT2D eigenvalue weighted by molar-refractivity contribution is -0.142. The van der Waals surface area contributed by atoms with Gasteiger partial charge in [-0.05, 0) is 25.7 Å². The summed E-state index contributed by atoms with van der Waals surface area (Å²) in [5.41, 5.74) is -0.779. The van der Waals surface area contributed by atoms with Crippen LogP contribution in [-0.2, 0) is 11.3 Å². The van der Waals surface area contributed by atoms with E-state index < -0.39 is 53.3 Å². The zero-order valence-electron chi connectivity index (χ0n) is 12.5. The van der Waals surface area contributed by atoms with Gasteiger partial charge in [-0.2, -0.15) is 0 Å². The molecular formula is C15H16F4N2O3. The van der Waals surface area contributed by atoms with E-state index in [1.807, 2.05) is 0 Å². The number of amides is 2. The Labute approximate surface area is 135 Å². The van der Waals surface area contributed by atoms with Crippen LogP contribution in [0, 0.1) is 29.2 Å². The maximum atomic E-state index is 13.5. The zero-order chi connectivity index (χ0) is 17.9. The SMILES string of the molecule is O=C(NCc1c(F)cc(F)c(F)c1F)NC1CCC(C(=O)O)CC1. The molecule has 0 atom stereocenters. The third-order valence-corrected chi connectivity index (χ3v) is 4.05. The average molecular weight is 348 g/mol. The molecule has 9 heteroatoms. The molecule has 0 spiro atoms. The molecule has 0 aliphatic heterocycles. The largest absolute Gasteiger partial charge is 0.481 e. The Hall–Kier alpha value is -2.32. The Morgan fingerprint density at radius 1 is 1.04 bits per heavy atom. The van der Waals surface area contributed by atoms with E-state index in [1.54, 1.807) is 0 Å². The minimum Gasteiger partial charge on any atom is -0.481 e. The van der Waals surface area contributed by atoms with Crippen LogP contribution in [0.1, 0.15) is 31.2 Å². The van der Waals surface area contributed by atoms with Gasteiger partial charge in [0.25, 0.3) is 0 Å². The summed E-state index contributed by atoms with van der Waals surface area (Å²) < 4.78 is 52.8. The molecule has 0 heterocycles. The number of urea groups is 1. The molecule has 0 radical (unpaired) electrons. The maximum absolute atomic E-state index is 13.5. The first-order chi connectivity index (χ1) is 11.3. The number of hydrogen-bond acceptors (Lipinski definition) is 2. The Morgan fingerprint density at radius 3 is 2.25 bits per heavy atom. The fourth-order valence-corrected chi connectivity index (χ4v) is 2.66. The second-order valence-electron chi connectivity index (χ2n) is 5.66. The van der Waals surface area contributed by atoms with Gasteiger partial charge in [0.05, 0.1) is 12.5 Å². The highest BCUT2D eigenvalue weighted by molar-refractivity contribution is 5.74. The number of rotatable bonds is 4. The van der Waals surface area contributed by atoms with Crippen LogP contribution < -0.4 is 10.6 Å². The molecule has 0 aromatic heterocycles. The van der Waals surface area contributed by atoms with Gasteiger partial charge in [-0.3, -0.25) is 4.79 Å². The van der Waals surface area contributed by atoms with Gasteiger partial charge in [-0.1, -0.05) is 0 Å². The molecule has 1 fully saturated rings. The molecule has 1 aromatic carbocycles. The first-order valence-corrected chi connectivity index (χ1v) is 7.38. The third kappa shape index (κ3) is 4.15. The molecule has 5 nitrogen and oxygen atoms in total. The number of aliphatic carboxylic acids is 1. The van der Waals surface area contributed by atoms with Crippen LogP contribution in [0.3, 0.4) is 0 Å². The molecule has 3 N–H and O–H groups in total. The quantitative estimate of drug-likeness (QED) is 0.445. The number of hydrogen-bond donors (Lipinski definition) is 3. The molecule has 1 aromatic rings. The fraction of sp³-hybridized carbons (Fsp3) is 0.467. The van der Waals surface area contributed by atoms with E-state index in [1.165, 1.54) is 0 Å². The van der Waals surface area contributed by atoms with Crippen LogP contribution in [0.5, 0.6) is 0 Å². The Balaban J connectivity index is 1.86.